The summed E-state index contributed by atoms with van der Waals surface area (Å²) in [4.78, 5) is 16.7. The van der Waals surface area contributed by atoms with Gasteiger partial charge in [-0.15, -0.1) is 37.2 Å². The van der Waals surface area contributed by atoms with E-state index in [1.165, 1.54) is 5.69 Å². The van der Waals surface area contributed by atoms with Crippen LogP contribution in [0.3, 0.4) is 0 Å². The number of ether oxygens (including phenoxy) is 1. The summed E-state index contributed by atoms with van der Waals surface area (Å²) in [6.45, 7) is 7.49. The minimum atomic E-state index is -0.349. The zero-order chi connectivity index (χ0) is 16.8. The van der Waals surface area contributed by atoms with E-state index in [0.29, 0.717) is 19.7 Å². The van der Waals surface area contributed by atoms with E-state index < -0.39 is 0 Å². The highest BCUT2D eigenvalue weighted by Crippen LogP contribution is 2.20. The van der Waals surface area contributed by atoms with Crippen molar-refractivity contribution in [3.8, 4) is 0 Å². The molecule has 1 unspecified atom stereocenters. The predicted molar refractivity (Wildman–Crippen MR) is 117 cm³/mol. The van der Waals surface area contributed by atoms with Gasteiger partial charge in [-0.3, -0.25) is 9.69 Å². The van der Waals surface area contributed by atoms with Gasteiger partial charge in [0.05, 0.1) is 6.61 Å². The van der Waals surface area contributed by atoms with Crippen molar-refractivity contribution in [3.63, 3.8) is 0 Å². The standard InChI is InChI=1S/C17H25ClN4O2.3ClH/c18-14-2-1-3-15(12-14)22-9-7-21(8-10-22)6-4-20-17(23)16-13-19-5-11-24-16;;;/h1-3,12,16,19H,4-11,13H2,(H,20,23);3*1H. The normalized spacial score (nSPS) is 19.9. The van der Waals surface area contributed by atoms with E-state index in [2.05, 4.69) is 26.5 Å². The lowest BCUT2D eigenvalue weighted by Gasteiger charge is -2.36. The third-order valence-electron chi connectivity index (χ3n) is 4.49. The molecule has 27 heavy (non-hydrogen) atoms. The molecule has 2 aliphatic heterocycles. The summed E-state index contributed by atoms with van der Waals surface area (Å²) in [6, 6.07) is 7.99. The average molecular weight is 462 g/mol. The number of carbonyl (C=O) groups excluding carboxylic acids is 1. The minimum Gasteiger partial charge on any atom is -0.369 e. The molecule has 0 aliphatic carbocycles. The van der Waals surface area contributed by atoms with Crippen LogP contribution in [0.1, 0.15) is 0 Å². The molecular formula is C17H28Cl4N4O2. The average Bonchev–Trinajstić information content (AvgIpc) is 2.63. The summed E-state index contributed by atoms with van der Waals surface area (Å²) in [5.41, 5.74) is 1.18. The van der Waals surface area contributed by atoms with Gasteiger partial charge in [-0.25, -0.2) is 0 Å². The number of anilines is 1. The number of hydrogen-bond donors (Lipinski definition) is 2. The predicted octanol–water partition coefficient (Wildman–Crippen LogP) is 1.83. The number of hydrogen-bond acceptors (Lipinski definition) is 5. The van der Waals surface area contributed by atoms with Crippen molar-refractivity contribution in [3.05, 3.63) is 29.3 Å². The number of carbonyl (C=O) groups is 1. The molecule has 0 bridgehead atoms. The van der Waals surface area contributed by atoms with Crippen LogP contribution in [0.5, 0.6) is 0 Å². The lowest BCUT2D eigenvalue weighted by atomic mass is 10.2. The van der Waals surface area contributed by atoms with Crippen LogP contribution in [-0.4, -0.2) is 75.9 Å². The van der Waals surface area contributed by atoms with Gasteiger partial charge in [0.1, 0.15) is 6.10 Å². The summed E-state index contributed by atoms with van der Waals surface area (Å²) in [7, 11) is 0. The van der Waals surface area contributed by atoms with E-state index in [0.717, 1.165) is 44.3 Å². The number of piperazine rings is 1. The maximum atomic E-state index is 12.0. The number of rotatable bonds is 5. The maximum absolute atomic E-state index is 12.0. The number of halogens is 4. The third-order valence-corrected chi connectivity index (χ3v) is 4.73. The van der Waals surface area contributed by atoms with Crippen LogP contribution in [-0.2, 0) is 9.53 Å². The van der Waals surface area contributed by atoms with Crippen molar-refractivity contribution in [1.29, 1.82) is 0 Å². The van der Waals surface area contributed by atoms with E-state index in [-0.39, 0.29) is 49.2 Å². The number of amides is 1. The molecule has 2 fully saturated rings. The van der Waals surface area contributed by atoms with Crippen molar-refractivity contribution in [1.82, 2.24) is 15.5 Å². The molecular weight excluding hydrogens is 434 g/mol. The molecule has 2 heterocycles. The van der Waals surface area contributed by atoms with Crippen molar-refractivity contribution < 1.29 is 9.53 Å². The Kier molecular flexibility index (Phi) is 13.4. The first kappa shape index (κ1) is 26.5. The van der Waals surface area contributed by atoms with E-state index in [4.69, 9.17) is 16.3 Å². The largest absolute Gasteiger partial charge is 0.369 e. The summed E-state index contributed by atoms with van der Waals surface area (Å²) in [6.07, 6.45) is -0.349. The molecule has 6 nitrogen and oxygen atoms in total. The van der Waals surface area contributed by atoms with Gasteiger partial charge in [-0.1, -0.05) is 17.7 Å². The first-order valence-electron chi connectivity index (χ1n) is 8.55. The topological polar surface area (TPSA) is 56.8 Å². The molecule has 156 valence electrons. The van der Waals surface area contributed by atoms with Gasteiger partial charge >= 0.3 is 0 Å². The third kappa shape index (κ3) is 8.20. The van der Waals surface area contributed by atoms with Gasteiger partial charge in [0.15, 0.2) is 0 Å². The monoisotopic (exact) mass is 460 g/mol. The van der Waals surface area contributed by atoms with Crippen molar-refractivity contribution in [2.75, 3.05) is 63.9 Å². The molecule has 1 atom stereocenters. The fourth-order valence-electron chi connectivity index (χ4n) is 3.09. The van der Waals surface area contributed by atoms with Crippen LogP contribution in [0.2, 0.25) is 5.02 Å². The molecule has 2 saturated heterocycles. The summed E-state index contributed by atoms with van der Waals surface area (Å²) >= 11 is 6.06. The molecule has 2 N–H and O–H groups in total. The highest BCUT2D eigenvalue weighted by molar-refractivity contribution is 6.30. The smallest absolute Gasteiger partial charge is 0.250 e. The number of nitrogens with zero attached hydrogens (tertiary/aromatic N) is 2. The molecule has 0 radical (unpaired) electrons. The molecule has 2 aliphatic rings. The Labute approximate surface area is 184 Å². The van der Waals surface area contributed by atoms with Crippen LogP contribution in [0.4, 0.5) is 5.69 Å². The Morgan fingerprint density at radius 3 is 2.59 bits per heavy atom. The van der Waals surface area contributed by atoms with Crippen molar-refractivity contribution >= 4 is 60.4 Å². The molecule has 0 spiro atoms. The zero-order valence-electron chi connectivity index (χ0n) is 15.1. The second-order valence-electron chi connectivity index (χ2n) is 6.16. The highest BCUT2D eigenvalue weighted by Gasteiger charge is 2.22. The number of nitrogens with one attached hydrogen (secondary N) is 2. The molecule has 1 aromatic rings. The van der Waals surface area contributed by atoms with E-state index in [9.17, 15) is 4.79 Å². The SMILES string of the molecule is Cl.Cl.Cl.O=C(NCCN1CCN(c2cccc(Cl)c2)CC1)C1CNCCO1. The molecule has 3 rings (SSSR count). The number of morpholine rings is 1. The zero-order valence-corrected chi connectivity index (χ0v) is 18.3. The fourth-order valence-corrected chi connectivity index (χ4v) is 3.27. The van der Waals surface area contributed by atoms with Crippen LogP contribution in [0, 0.1) is 0 Å². The van der Waals surface area contributed by atoms with Crippen LogP contribution in [0.15, 0.2) is 24.3 Å². The van der Waals surface area contributed by atoms with Crippen molar-refractivity contribution in [2.45, 2.75) is 6.10 Å². The molecule has 0 saturated carbocycles. The van der Waals surface area contributed by atoms with Crippen LogP contribution < -0.4 is 15.5 Å². The van der Waals surface area contributed by atoms with E-state index in [1.807, 2.05) is 18.2 Å². The first-order valence-corrected chi connectivity index (χ1v) is 8.93. The van der Waals surface area contributed by atoms with Crippen LogP contribution >= 0.6 is 48.8 Å². The quantitative estimate of drug-likeness (QED) is 0.700. The van der Waals surface area contributed by atoms with Gasteiger partial charge in [0.25, 0.3) is 5.91 Å². The molecule has 0 aromatic heterocycles. The summed E-state index contributed by atoms with van der Waals surface area (Å²) in [5, 5.41) is 6.92. The Hall–Kier alpha value is -0.470. The maximum Gasteiger partial charge on any atom is 0.250 e. The minimum absolute atomic E-state index is 0. The first-order chi connectivity index (χ1) is 11.7. The van der Waals surface area contributed by atoms with Gasteiger partial charge in [0.2, 0.25) is 0 Å². The van der Waals surface area contributed by atoms with Gasteiger partial charge in [-0.05, 0) is 18.2 Å². The van der Waals surface area contributed by atoms with Crippen molar-refractivity contribution in [2.24, 2.45) is 0 Å². The summed E-state index contributed by atoms with van der Waals surface area (Å²) < 4.78 is 5.45. The molecule has 1 amide bonds. The van der Waals surface area contributed by atoms with Gasteiger partial charge in [-0.2, -0.15) is 0 Å². The van der Waals surface area contributed by atoms with Gasteiger partial charge in [0, 0.05) is 63.1 Å². The number of benzene rings is 1. The Bertz CT molecular complexity index is 553. The van der Waals surface area contributed by atoms with E-state index in [1.54, 1.807) is 0 Å². The molecule has 10 heteroatoms. The Morgan fingerprint density at radius 1 is 1.22 bits per heavy atom. The highest BCUT2D eigenvalue weighted by atomic mass is 35.5. The fraction of sp³-hybridized carbons (Fsp3) is 0.588. The lowest BCUT2D eigenvalue weighted by Crippen LogP contribution is -2.51. The van der Waals surface area contributed by atoms with Crippen LogP contribution in [0.25, 0.3) is 0 Å². The second-order valence-corrected chi connectivity index (χ2v) is 6.60. The van der Waals surface area contributed by atoms with E-state index >= 15 is 0 Å². The Morgan fingerprint density at radius 2 is 1.96 bits per heavy atom. The summed E-state index contributed by atoms with van der Waals surface area (Å²) in [5.74, 6) is -0.0141. The lowest BCUT2D eigenvalue weighted by molar-refractivity contribution is -0.134. The Balaban J connectivity index is 0.00000225. The second kappa shape index (κ2) is 13.7. The van der Waals surface area contributed by atoms with Gasteiger partial charge < -0.3 is 20.3 Å². The molecule has 1 aromatic carbocycles.